The molecule has 1 fully saturated rings. The van der Waals surface area contributed by atoms with Crippen molar-refractivity contribution in [3.63, 3.8) is 0 Å². The number of aliphatic carboxylic acids is 1. The van der Waals surface area contributed by atoms with Crippen LogP contribution in [0.1, 0.15) is 32.4 Å². The van der Waals surface area contributed by atoms with Gasteiger partial charge in [-0.2, -0.15) is 0 Å². The molecular formula is C17H22Cl2N2O4. The van der Waals surface area contributed by atoms with E-state index in [2.05, 4.69) is 0 Å². The third kappa shape index (κ3) is 5.23. The van der Waals surface area contributed by atoms with Crippen LogP contribution in [0.5, 0.6) is 0 Å². The Labute approximate surface area is 157 Å². The average Bonchev–Trinajstić information content (AvgIpc) is 2.49. The van der Waals surface area contributed by atoms with Crippen molar-refractivity contribution in [1.29, 1.82) is 0 Å². The van der Waals surface area contributed by atoms with Crippen LogP contribution in [0.25, 0.3) is 0 Å². The minimum absolute atomic E-state index is 0.317. The highest BCUT2D eigenvalue weighted by Gasteiger charge is 2.33. The molecule has 1 saturated heterocycles. The number of carboxylic acid groups (broad SMARTS) is 1. The summed E-state index contributed by atoms with van der Waals surface area (Å²) >= 11 is 11.9. The average molecular weight is 389 g/mol. The maximum Gasteiger partial charge on any atom is 0.410 e. The fourth-order valence-electron chi connectivity index (χ4n) is 2.68. The molecule has 1 unspecified atom stereocenters. The number of halogens is 2. The molecule has 1 aromatic rings. The van der Waals surface area contributed by atoms with Gasteiger partial charge in [0, 0.05) is 26.2 Å². The Hall–Kier alpha value is -1.50. The Kier molecular flexibility index (Phi) is 6.19. The number of rotatable bonds is 3. The van der Waals surface area contributed by atoms with E-state index in [9.17, 15) is 14.7 Å². The summed E-state index contributed by atoms with van der Waals surface area (Å²) in [6.07, 6.45) is -0.381. The first kappa shape index (κ1) is 19.8. The second kappa shape index (κ2) is 7.81. The number of hydrogen-bond acceptors (Lipinski definition) is 4. The summed E-state index contributed by atoms with van der Waals surface area (Å²) in [6.45, 7) is 7.09. The summed E-state index contributed by atoms with van der Waals surface area (Å²) in [4.78, 5) is 27.3. The summed E-state index contributed by atoms with van der Waals surface area (Å²) < 4.78 is 5.35. The molecule has 1 N–H and O–H groups in total. The van der Waals surface area contributed by atoms with Gasteiger partial charge in [-0.15, -0.1) is 0 Å². The molecule has 1 aliphatic rings. The highest BCUT2D eigenvalue weighted by molar-refractivity contribution is 6.42. The molecule has 1 aromatic carbocycles. The number of carbonyl (C=O) groups is 2. The summed E-state index contributed by atoms with van der Waals surface area (Å²) in [5.74, 6) is -0.968. The van der Waals surface area contributed by atoms with Crippen molar-refractivity contribution in [2.45, 2.75) is 32.4 Å². The van der Waals surface area contributed by atoms with Gasteiger partial charge in [0.1, 0.15) is 11.6 Å². The van der Waals surface area contributed by atoms with Crippen molar-refractivity contribution in [3.8, 4) is 0 Å². The van der Waals surface area contributed by atoms with Gasteiger partial charge in [-0.05, 0) is 38.5 Å². The van der Waals surface area contributed by atoms with Crippen molar-refractivity contribution in [1.82, 2.24) is 9.80 Å². The topological polar surface area (TPSA) is 70.1 Å². The van der Waals surface area contributed by atoms with Crippen molar-refractivity contribution in [2.75, 3.05) is 26.2 Å². The second-order valence-electron chi connectivity index (χ2n) is 6.92. The van der Waals surface area contributed by atoms with Gasteiger partial charge in [0.05, 0.1) is 10.0 Å². The van der Waals surface area contributed by atoms with Crippen LogP contribution in [0.2, 0.25) is 10.0 Å². The minimum Gasteiger partial charge on any atom is -0.480 e. The predicted molar refractivity (Wildman–Crippen MR) is 96.2 cm³/mol. The molecular weight excluding hydrogens is 367 g/mol. The third-order valence-corrected chi connectivity index (χ3v) is 4.56. The minimum atomic E-state index is -0.968. The lowest BCUT2D eigenvalue weighted by Crippen LogP contribution is -2.52. The number of hydrogen-bond donors (Lipinski definition) is 1. The van der Waals surface area contributed by atoms with Crippen molar-refractivity contribution >= 4 is 35.3 Å². The van der Waals surface area contributed by atoms with Gasteiger partial charge in [-0.3, -0.25) is 9.69 Å². The summed E-state index contributed by atoms with van der Waals surface area (Å²) in [6, 6.07) is 3.98. The molecule has 0 aliphatic carbocycles. The van der Waals surface area contributed by atoms with Gasteiger partial charge in [0.15, 0.2) is 0 Å². The number of benzene rings is 1. The van der Waals surface area contributed by atoms with Crippen LogP contribution in [-0.2, 0) is 9.53 Å². The standard InChI is InChI=1S/C17H22Cl2N2O4/c1-17(2,3)25-16(24)21-8-6-20(7-9-21)14(15(22)23)11-4-5-12(18)13(19)10-11/h4-5,10,14H,6-9H2,1-3H3,(H,22,23). The molecule has 8 heteroatoms. The van der Waals surface area contributed by atoms with E-state index in [-0.39, 0.29) is 6.09 Å². The predicted octanol–water partition coefficient (Wildman–Crippen LogP) is 3.67. The molecule has 1 heterocycles. The largest absolute Gasteiger partial charge is 0.480 e. The zero-order chi connectivity index (χ0) is 18.8. The normalized spacial score (nSPS) is 17.2. The lowest BCUT2D eigenvalue weighted by Gasteiger charge is -2.38. The van der Waals surface area contributed by atoms with E-state index in [4.69, 9.17) is 27.9 Å². The summed E-state index contributed by atoms with van der Waals surface area (Å²) in [7, 11) is 0. The Morgan fingerprint density at radius 1 is 1.12 bits per heavy atom. The smallest absolute Gasteiger partial charge is 0.410 e. The molecule has 0 bridgehead atoms. The number of carboxylic acids is 1. The van der Waals surface area contributed by atoms with E-state index in [1.165, 1.54) is 0 Å². The first-order valence-electron chi connectivity index (χ1n) is 7.98. The molecule has 1 aliphatic heterocycles. The molecule has 6 nitrogen and oxygen atoms in total. The fourth-order valence-corrected chi connectivity index (χ4v) is 2.99. The lowest BCUT2D eigenvalue weighted by atomic mass is 10.0. The number of amides is 1. The first-order valence-corrected chi connectivity index (χ1v) is 8.74. The Morgan fingerprint density at radius 2 is 1.72 bits per heavy atom. The molecule has 0 radical (unpaired) electrons. The van der Waals surface area contributed by atoms with Gasteiger partial charge >= 0.3 is 12.1 Å². The van der Waals surface area contributed by atoms with Crippen molar-refractivity contribution < 1.29 is 19.4 Å². The van der Waals surface area contributed by atoms with Crippen LogP contribution in [0.15, 0.2) is 18.2 Å². The van der Waals surface area contributed by atoms with Crippen LogP contribution < -0.4 is 0 Å². The van der Waals surface area contributed by atoms with Gasteiger partial charge < -0.3 is 14.7 Å². The number of piperazine rings is 1. The van der Waals surface area contributed by atoms with Gasteiger partial charge in [-0.1, -0.05) is 29.3 Å². The van der Waals surface area contributed by atoms with E-state index >= 15 is 0 Å². The molecule has 2 rings (SSSR count). The molecule has 138 valence electrons. The Morgan fingerprint density at radius 3 is 2.20 bits per heavy atom. The van der Waals surface area contributed by atoms with Gasteiger partial charge in [0.2, 0.25) is 0 Å². The quantitative estimate of drug-likeness (QED) is 0.854. The highest BCUT2D eigenvalue weighted by atomic mass is 35.5. The fraction of sp³-hybridized carbons (Fsp3) is 0.529. The first-order chi connectivity index (χ1) is 11.6. The highest BCUT2D eigenvalue weighted by Crippen LogP contribution is 2.29. The van der Waals surface area contributed by atoms with Crippen LogP contribution in [0, 0.1) is 0 Å². The molecule has 1 amide bonds. The van der Waals surface area contributed by atoms with Gasteiger partial charge in [-0.25, -0.2) is 4.79 Å². The Bertz CT molecular complexity index is 653. The van der Waals surface area contributed by atoms with Gasteiger partial charge in [0.25, 0.3) is 0 Å². The Balaban J connectivity index is 2.07. The van der Waals surface area contributed by atoms with Crippen molar-refractivity contribution in [2.24, 2.45) is 0 Å². The third-order valence-electron chi connectivity index (χ3n) is 3.82. The number of nitrogens with zero attached hydrogens (tertiary/aromatic N) is 2. The van der Waals surface area contributed by atoms with E-state index in [1.54, 1.807) is 23.1 Å². The maximum absolute atomic E-state index is 12.1. The maximum atomic E-state index is 12.1. The number of carbonyl (C=O) groups excluding carboxylic acids is 1. The zero-order valence-electron chi connectivity index (χ0n) is 14.5. The summed E-state index contributed by atoms with van der Waals surface area (Å²) in [5.41, 5.74) is 0.00494. The SMILES string of the molecule is CC(C)(C)OC(=O)N1CCN(C(C(=O)O)c2ccc(Cl)c(Cl)c2)CC1. The zero-order valence-corrected chi connectivity index (χ0v) is 16.0. The van der Waals surface area contributed by atoms with E-state index in [1.807, 2.05) is 25.7 Å². The van der Waals surface area contributed by atoms with E-state index in [0.29, 0.717) is 41.8 Å². The molecule has 0 aromatic heterocycles. The second-order valence-corrected chi connectivity index (χ2v) is 7.73. The van der Waals surface area contributed by atoms with Crippen LogP contribution in [0.4, 0.5) is 4.79 Å². The number of ether oxygens (including phenoxy) is 1. The van der Waals surface area contributed by atoms with Crippen LogP contribution in [-0.4, -0.2) is 58.7 Å². The molecule has 0 saturated carbocycles. The molecule has 1 atom stereocenters. The summed E-state index contributed by atoms with van der Waals surface area (Å²) in [5, 5.41) is 10.3. The lowest BCUT2D eigenvalue weighted by molar-refractivity contribution is -0.144. The van der Waals surface area contributed by atoms with Crippen LogP contribution >= 0.6 is 23.2 Å². The monoisotopic (exact) mass is 388 g/mol. The van der Waals surface area contributed by atoms with E-state index < -0.39 is 17.6 Å². The molecule has 25 heavy (non-hydrogen) atoms. The molecule has 0 spiro atoms. The van der Waals surface area contributed by atoms with Crippen LogP contribution in [0.3, 0.4) is 0 Å². The van der Waals surface area contributed by atoms with E-state index in [0.717, 1.165) is 0 Å². The van der Waals surface area contributed by atoms with Crippen molar-refractivity contribution in [3.05, 3.63) is 33.8 Å².